The van der Waals surface area contributed by atoms with Gasteiger partial charge in [0.15, 0.2) is 4.32 Å². The Hall–Kier alpha value is -2.37. The van der Waals surface area contributed by atoms with Crippen LogP contribution in [-0.2, 0) is 4.79 Å². The summed E-state index contributed by atoms with van der Waals surface area (Å²) in [5.41, 5.74) is 4.00. The van der Waals surface area contributed by atoms with Crippen molar-refractivity contribution < 1.29 is 4.79 Å². The van der Waals surface area contributed by atoms with Crippen molar-refractivity contribution in [3.8, 4) is 0 Å². The number of likely N-dealkylation sites (N-methyl/N-ethyl adjacent to an activating group) is 1. The van der Waals surface area contributed by atoms with Gasteiger partial charge in [-0.3, -0.25) is 9.69 Å². The van der Waals surface area contributed by atoms with Crippen LogP contribution in [0.3, 0.4) is 0 Å². The second-order valence-electron chi connectivity index (χ2n) is 5.69. The summed E-state index contributed by atoms with van der Waals surface area (Å²) in [5.74, 6) is -0.0568. The standard InChI is InChI=1S/C20H16N2OS2/c1-2-21-16-11-7-6-8-14(16)12-13-17(21)18-19(23)22(20(24)25-18)15-9-4-3-5-10-15/h3-13H,2H2,1H3/b18-17-. The molecule has 0 saturated carbocycles. The van der Waals surface area contributed by atoms with Gasteiger partial charge in [0.05, 0.1) is 11.4 Å². The number of thiocarbonyl (C=S) groups is 1. The lowest BCUT2D eigenvalue weighted by molar-refractivity contribution is -0.113. The second-order valence-corrected chi connectivity index (χ2v) is 7.34. The quantitative estimate of drug-likeness (QED) is 0.563. The number of benzene rings is 2. The van der Waals surface area contributed by atoms with Crippen molar-refractivity contribution in [2.75, 3.05) is 16.3 Å². The Morgan fingerprint density at radius 3 is 2.48 bits per heavy atom. The summed E-state index contributed by atoms with van der Waals surface area (Å²) in [6.07, 6.45) is 4.08. The van der Waals surface area contributed by atoms with Crippen LogP contribution in [0.4, 0.5) is 11.4 Å². The molecular formula is C20H16N2OS2. The molecule has 0 atom stereocenters. The molecule has 0 unspecified atom stereocenters. The lowest BCUT2D eigenvalue weighted by atomic mass is 10.1. The number of rotatable bonds is 2. The summed E-state index contributed by atoms with van der Waals surface area (Å²) in [4.78, 5) is 17.6. The highest BCUT2D eigenvalue weighted by Gasteiger charge is 2.37. The first kappa shape index (κ1) is 16.1. The number of para-hydroxylation sites is 2. The maximum Gasteiger partial charge on any atom is 0.272 e. The normalized spacial score (nSPS) is 19.6. The monoisotopic (exact) mass is 364 g/mol. The fraction of sp³-hybridized carbons (Fsp3) is 0.100. The zero-order valence-corrected chi connectivity index (χ0v) is 15.3. The van der Waals surface area contributed by atoms with E-state index in [0.29, 0.717) is 9.23 Å². The highest BCUT2D eigenvalue weighted by atomic mass is 32.2. The molecule has 0 spiro atoms. The number of anilines is 2. The number of hydrogen-bond acceptors (Lipinski definition) is 4. The van der Waals surface area contributed by atoms with Gasteiger partial charge in [0.25, 0.3) is 5.91 Å². The lowest BCUT2D eigenvalue weighted by Gasteiger charge is -2.30. The van der Waals surface area contributed by atoms with Crippen LogP contribution in [0, 0.1) is 0 Å². The van der Waals surface area contributed by atoms with Gasteiger partial charge < -0.3 is 4.90 Å². The lowest BCUT2D eigenvalue weighted by Crippen LogP contribution is -2.30. The number of thioether (sulfide) groups is 1. The van der Waals surface area contributed by atoms with Crippen molar-refractivity contribution in [3.05, 3.63) is 76.8 Å². The third kappa shape index (κ3) is 2.69. The fourth-order valence-electron chi connectivity index (χ4n) is 3.12. The Morgan fingerprint density at radius 2 is 1.72 bits per heavy atom. The van der Waals surface area contributed by atoms with Crippen LogP contribution in [0.5, 0.6) is 0 Å². The van der Waals surface area contributed by atoms with E-state index in [0.717, 1.165) is 29.2 Å². The van der Waals surface area contributed by atoms with E-state index in [1.807, 2.05) is 48.5 Å². The first-order valence-electron chi connectivity index (χ1n) is 8.11. The minimum Gasteiger partial charge on any atom is -0.340 e. The van der Waals surface area contributed by atoms with Crippen LogP contribution in [0.1, 0.15) is 12.5 Å². The molecule has 0 aromatic heterocycles. The molecule has 3 nitrogen and oxygen atoms in total. The predicted molar refractivity (Wildman–Crippen MR) is 110 cm³/mol. The highest BCUT2D eigenvalue weighted by Crippen LogP contribution is 2.41. The van der Waals surface area contributed by atoms with E-state index in [9.17, 15) is 4.79 Å². The molecular weight excluding hydrogens is 348 g/mol. The number of allylic oxidation sites excluding steroid dienone is 1. The molecule has 2 aliphatic heterocycles. The molecule has 2 aromatic rings. The SMILES string of the molecule is CCN1/C(=C2\SC(=S)N(c3ccccc3)C2=O)C=Cc2ccccc21. The molecule has 0 bridgehead atoms. The molecule has 5 heteroatoms. The van der Waals surface area contributed by atoms with Crippen molar-refractivity contribution in [1.29, 1.82) is 0 Å². The van der Waals surface area contributed by atoms with E-state index in [2.05, 4.69) is 30.0 Å². The van der Waals surface area contributed by atoms with Crippen LogP contribution in [-0.4, -0.2) is 16.8 Å². The molecule has 2 aromatic carbocycles. The second kappa shape index (κ2) is 6.50. The Labute approximate surface area is 156 Å². The topological polar surface area (TPSA) is 23.6 Å². The molecule has 1 amide bonds. The first-order valence-corrected chi connectivity index (χ1v) is 9.33. The molecule has 1 fully saturated rings. The molecule has 124 valence electrons. The van der Waals surface area contributed by atoms with Gasteiger partial charge in [-0.15, -0.1) is 0 Å². The largest absolute Gasteiger partial charge is 0.340 e. The van der Waals surface area contributed by atoms with Crippen LogP contribution in [0.2, 0.25) is 0 Å². The van der Waals surface area contributed by atoms with Gasteiger partial charge in [-0.2, -0.15) is 0 Å². The Kier molecular flexibility index (Phi) is 4.19. The zero-order chi connectivity index (χ0) is 17.4. The summed E-state index contributed by atoms with van der Waals surface area (Å²) in [6, 6.07) is 17.8. The van der Waals surface area contributed by atoms with Crippen molar-refractivity contribution in [3.63, 3.8) is 0 Å². The summed E-state index contributed by atoms with van der Waals surface area (Å²) in [6.45, 7) is 2.88. The number of carbonyl (C=O) groups excluding carboxylic acids is 1. The van der Waals surface area contributed by atoms with E-state index < -0.39 is 0 Å². The van der Waals surface area contributed by atoms with E-state index in [-0.39, 0.29) is 5.91 Å². The van der Waals surface area contributed by atoms with Crippen molar-refractivity contribution in [1.82, 2.24) is 0 Å². The smallest absolute Gasteiger partial charge is 0.272 e. The maximum atomic E-state index is 13.1. The van der Waals surface area contributed by atoms with Gasteiger partial charge in [0.2, 0.25) is 0 Å². The third-order valence-electron chi connectivity index (χ3n) is 4.27. The van der Waals surface area contributed by atoms with E-state index >= 15 is 0 Å². The van der Waals surface area contributed by atoms with Crippen LogP contribution in [0.15, 0.2) is 71.3 Å². The summed E-state index contributed by atoms with van der Waals surface area (Å²) < 4.78 is 0.571. The highest BCUT2D eigenvalue weighted by molar-refractivity contribution is 8.27. The Bertz CT molecular complexity index is 918. The van der Waals surface area contributed by atoms with E-state index in [4.69, 9.17) is 12.2 Å². The number of amides is 1. The zero-order valence-electron chi connectivity index (χ0n) is 13.7. The summed E-state index contributed by atoms with van der Waals surface area (Å²) in [7, 11) is 0. The predicted octanol–water partition coefficient (Wildman–Crippen LogP) is 4.82. The van der Waals surface area contributed by atoms with E-state index in [1.165, 1.54) is 11.8 Å². The minimum absolute atomic E-state index is 0.0568. The van der Waals surface area contributed by atoms with Gasteiger partial charge in [-0.25, -0.2) is 0 Å². The molecule has 4 rings (SSSR count). The number of nitrogens with zero attached hydrogens (tertiary/aromatic N) is 2. The van der Waals surface area contributed by atoms with Crippen LogP contribution in [0.25, 0.3) is 6.08 Å². The van der Waals surface area contributed by atoms with Gasteiger partial charge in [0, 0.05) is 12.2 Å². The molecule has 25 heavy (non-hydrogen) atoms. The van der Waals surface area contributed by atoms with E-state index in [1.54, 1.807) is 4.90 Å². The maximum absolute atomic E-state index is 13.1. The van der Waals surface area contributed by atoms with Crippen LogP contribution >= 0.6 is 24.0 Å². The summed E-state index contributed by atoms with van der Waals surface area (Å²) in [5, 5.41) is 0. The minimum atomic E-state index is -0.0568. The van der Waals surface area contributed by atoms with Crippen molar-refractivity contribution in [2.45, 2.75) is 6.92 Å². The van der Waals surface area contributed by atoms with Crippen molar-refractivity contribution in [2.24, 2.45) is 0 Å². The molecule has 0 aliphatic carbocycles. The van der Waals surface area contributed by atoms with Crippen LogP contribution < -0.4 is 9.80 Å². The van der Waals surface area contributed by atoms with Gasteiger partial charge in [0.1, 0.15) is 4.91 Å². The summed E-state index contributed by atoms with van der Waals surface area (Å²) >= 11 is 6.86. The number of fused-ring (bicyclic) bond motifs is 1. The van der Waals surface area contributed by atoms with Gasteiger partial charge in [-0.05, 0) is 36.8 Å². The third-order valence-corrected chi connectivity index (χ3v) is 5.65. The van der Waals surface area contributed by atoms with Crippen molar-refractivity contribution >= 4 is 51.7 Å². The first-order chi connectivity index (χ1) is 12.2. The van der Waals surface area contributed by atoms with Gasteiger partial charge >= 0.3 is 0 Å². The number of hydrogen-bond donors (Lipinski definition) is 0. The average molecular weight is 364 g/mol. The number of carbonyl (C=O) groups is 1. The molecule has 0 N–H and O–H groups in total. The molecule has 2 heterocycles. The average Bonchev–Trinajstić information content (AvgIpc) is 2.95. The molecule has 0 radical (unpaired) electrons. The Morgan fingerprint density at radius 1 is 1.00 bits per heavy atom. The molecule has 2 aliphatic rings. The Balaban J connectivity index is 1.79. The van der Waals surface area contributed by atoms with Gasteiger partial charge in [-0.1, -0.05) is 66.5 Å². The fourth-order valence-corrected chi connectivity index (χ4v) is 4.48. The molecule has 1 saturated heterocycles.